The number of aromatic nitrogens is 2. The molecule has 0 spiro atoms. The van der Waals surface area contributed by atoms with E-state index in [1.54, 1.807) is 12.1 Å². The number of fused-ring (bicyclic) bond motifs is 1. The molecule has 0 bridgehead atoms. The Morgan fingerprint density at radius 1 is 1.28 bits per heavy atom. The number of hydrogen-bond donors (Lipinski definition) is 3. The van der Waals surface area contributed by atoms with Crippen molar-refractivity contribution < 1.29 is 9.59 Å². The van der Waals surface area contributed by atoms with E-state index in [-0.39, 0.29) is 11.8 Å². The van der Waals surface area contributed by atoms with Crippen LogP contribution in [0.25, 0.3) is 0 Å². The normalized spacial score (nSPS) is 19.8. The van der Waals surface area contributed by atoms with Crippen LogP contribution in [0.1, 0.15) is 41.4 Å². The lowest BCUT2D eigenvalue weighted by Crippen LogP contribution is -2.32. The number of piperidine rings is 1. The van der Waals surface area contributed by atoms with Gasteiger partial charge in [0.15, 0.2) is 5.69 Å². The number of nitrogens with one attached hydrogen (secondary N) is 3. The third kappa shape index (κ3) is 3.41. The number of hydrogen-bond acceptors (Lipinski definition) is 4. The molecule has 1 saturated heterocycles. The highest BCUT2D eigenvalue weighted by atomic mass is 16.2. The van der Waals surface area contributed by atoms with Gasteiger partial charge in [0.25, 0.3) is 5.91 Å². The lowest BCUT2D eigenvalue weighted by molar-refractivity contribution is -0.116. The van der Waals surface area contributed by atoms with Gasteiger partial charge in [-0.15, -0.1) is 0 Å². The topological polar surface area (TPSA) is 88.1 Å². The average molecular weight is 339 g/mol. The summed E-state index contributed by atoms with van der Waals surface area (Å²) in [6.07, 6.45) is 5.29. The Hall–Kier alpha value is -2.67. The molecule has 130 valence electrons. The van der Waals surface area contributed by atoms with Crippen LogP contribution in [0.3, 0.4) is 0 Å². The number of rotatable bonds is 3. The van der Waals surface area contributed by atoms with Crippen molar-refractivity contribution in [3.05, 3.63) is 41.7 Å². The van der Waals surface area contributed by atoms with Gasteiger partial charge < -0.3 is 16.0 Å². The van der Waals surface area contributed by atoms with Crippen molar-refractivity contribution in [2.24, 2.45) is 0 Å². The van der Waals surface area contributed by atoms with E-state index in [1.807, 2.05) is 23.0 Å². The van der Waals surface area contributed by atoms with Gasteiger partial charge in [-0.3, -0.25) is 14.3 Å². The minimum atomic E-state index is -0.246. The number of nitrogens with zero attached hydrogens (tertiary/aromatic N) is 2. The molecule has 1 unspecified atom stereocenters. The molecule has 2 aromatic rings. The zero-order valence-corrected chi connectivity index (χ0v) is 13.9. The van der Waals surface area contributed by atoms with Crippen molar-refractivity contribution >= 4 is 23.2 Å². The highest BCUT2D eigenvalue weighted by molar-refractivity contribution is 6.03. The van der Waals surface area contributed by atoms with Gasteiger partial charge in [-0.25, -0.2) is 0 Å². The molecule has 1 aromatic carbocycles. The van der Waals surface area contributed by atoms with Gasteiger partial charge in [-0.05, 0) is 49.6 Å². The number of amides is 2. The molecule has 1 aromatic heterocycles. The molecule has 25 heavy (non-hydrogen) atoms. The molecule has 0 aliphatic carbocycles. The molecule has 3 heterocycles. The first-order chi connectivity index (χ1) is 12.2. The molecule has 1 fully saturated rings. The molecular weight excluding hydrogens is 318 g/mol. The van der Waals surface area contributed by atoms with Crippen LogP contribution < -0.4 is 16.0 Å². The Morgan fingerprint density at radius 2 is 2.20 bits per heavy atom. The summed E-state index contributed by atoms with van der Waals surface area (Å²) >= 11 is 0. The third-order valence-corrected chi connectivity index (χ3v) is 4.75. The van der Waals surface area contributed by atoms with E-state index < -0.39 is 0 Å². The molecule has 0 saturated carbocycles. The molecular formula is C18H21N5O2. The summed E-state index contributed by atoms with van der Waals surface area (Å²) in [5.41, 5.74) is 2.91. The van der Waals surface area contributed by atoms with E-state index in [0.717, 1.165) is 43.6 Å². The first-order valence-electron chi connectivity index (χ1n) is 8.69. The standard InChI is InChI=1S/C18H21N5O2/c24-17-6-4-12-3-5-13(10-16(12)21-17)20-18(25)15-7-9-23(22-15)14-2-1-8-19-11-14/h3,5,7,9-10,14,19H,1-2,4,6,8,11H2,(H,20,25)(H,21,24). The summed E-state index contributed by atoms with van der Waals surface area (Å²) < 4.78 is 1.87. The quantitative estimate of drug-likeness (QED) is 0.797. The van der Waals surface area contributed by atoms with Crippen LogP contribution in [-0.4, -0.2) is 34.7 Å². The van der Waals surface area contributed by atoms with Crippen LogP contribution in [0, 0.1) is 0 Å². The van der Waals surface area contributed by atoms with Crippen molar-refractivity contribution in [2.75, 3.05) is 23.7 Å². The second-order valence-corrected chi connectivity index (χ2v) is 6.56. The maximum atomic E-state index is 12.5. The van der Waals surface area contributed by atoms with Gasteiger partial charge in [0.2, 0.25) is 5.91 Å². The summed E-state index contributed by atoms with van der Waals surface area (Å²) in [6.45, 7) is 1.92. The lowest BCUT2D eigenvalue weighted by atomic mass is 10.0. The van der Waals surface area contributed by atoms with Gasteiger partial charge in [0.1, 0.15) is 0 Å². The molecule has 0 radical (unpaired) electrons. The van der Waals surface area contributed by atoms with E-state index in [1.165, 1.54) is 0 Å². The van der Waals surface area contributed by atoms with Crippen molar-refractivity contribution in [2.45, 2.75) is 31.7 Å². The minimum absolute atomic E-state index is 0.0100. The van der Waals surface area contributed by atoms with Gasteiger partial charge in [0, 0.05) is 30.5 Å². The Balaban J connectivity index is 1.46. The van der Waals surface area contributed by atoms with E-state index in [4.69, 9.17) is 0 Å². The van der Waals surface area contributed by atoms with E-state index >= 15 is 0 Å². The average Bonchev–Trinajstić information content (AvgIpc) is 3.12. The Labute approximate surface area is 145 Å². The minimum Gasteiger partial charge on any atom is -0.326 e. The number of carbonyl (C=O) groups is 2. The van der Waals surface area contributed by atoms with Gasteiger partial charge >= 0.3 is 0 Å². The second-order valence-electron chi connectivity index (χ2n) is 6.56. The SMILES string of the molecule is O=C1CCc2ccc(NC(=O)c3ccn(C4CCCNC4)n3)cc2N1. The lowest BCUT2D eigenvalue weighted by Gasteiger charge is -2.22. The molecule has 7 nitrogen and oxygen atoms in total. The van der Waals surface area contributed by atoms with Crippen molar-refractivity contribution in [3.63, 3.8) is 0 Å². The van der Waals surface area contributed by atoms with Crippen LogP contribution in [0.15, 0.2) is 30.5 Å². The summed E-state index contributed by atoms with van der Waals surface area (Å²) in [5, 5.41) is 13.5. The maximum Gasteiger partial charge on any atom is 0.276 e. The van der Waals surface area contributed by atoms with E-state index in [2.05, 4.69) is 21.0 Å². The zero-order valence-electron chi connectivity index (χ0n) is 13.9. The van der Waals surface area contributed by atoms with Gasteiger partial charge in [0.05, 0.1) is 6.04 Å². The second kappa shape index (κ2) is 6.68. The maximum absolute atomic E-state index is 12.5. The van der Waals surface area contributed by atoms with Gasteiger partial charge in [-0.2, -0.15) is 5.10 Å². The molecule has 1 atom stereocenters. The highest BCUT2D eigenvalue weighted by Gasteiger charge is 2.19. The number of benzene rings is 1. The monoisotopic (exact) mass is 339 g/mol. The van der Waals surface area contributed by atoms with Gasteiger partial charge in [-0.1, -0.05) is 6.07 Å². The fourth-order valence-electron chi connectivity index (χ4n) is 3.37. The first-order valence-corrected chi connectivity index (χ1v) is 8.69. The summed E-state index contributed by atoms with van der Waals surface area (Å²) in [7, 11) is 0. The van der Waals surface area contributed by atoms with Crippen LogP contribution in [0.2, 0.25) is 0 Å². The Kier molecular flexibility index (Phi) is 4.23. The van der Waals surface area contributed by atoms with E-state index in [0.29, 0.717) is 23.8 Å². The fourth-order valence-corrected chi connectivity index (χ4v) is 3.37. The summed E-state index contributed by atoms with van der Waals surface area (Å²) in [5.74, 6) is -0.236. The van der Waals surface area contributed by atoms with Crippen LogP contribution in [0.4, 0.5) is 11.4 Å². The van der Waals surface area contributed by atoms with Crippen molar-refractivity contribution in [1.82, 2.24) is 15.1 Å². The van der Waals surface area contributed by atoms with Crippen LogP contribution in [-0.2, 0) is 11.2 Å². The summed E-state index contributed by atoms with van der Waals surface area (Å²) in [4.78, 5) is 24.0. The number of carbonyl (C=O) groups excluding carboxylic acids is 2. The van der Waals surface area contributed by atoms with E-state index in [9.17, 15) is 9.59 Å². The molecule has 2 aliphatic rings. The first kappa shape index (κ1) is 15.8. The van der Waals surface area contributed by atoms with Crippen LogP contribution in [0.5, 0.6) is 0 Å². The zero-order chi connectivity index (χ0) is 17.2. The fraction of sp³-hybridized carbons (Fsp3) is 0.389. The molecule has 7 heteroatoms. The molecule has 2 aliphatic heterocycles. The van der Waals surface area contributed by atoms with Crippen molar-refractivity contribution in [1.29, 1.82) is 0 Å². The number of anilines is 2. The Bertz CT molecular complexity index is 808. The molecule has 3 N–H and O–H groups in total. The third-order valence-electron chi connectivity index (χ3n) is 4.75. The Morgan fingerprint density at radius 3 is 3.04 bits per heavy atom. The molecule has 2 amide bonds. The largest absolute Gasteiger partial charge is 0.326 e. The predicted molar refractivity (Wildman–Crippen MR) is 94.7 cm³/mol. The van der Waals surface area contributed by atoms with Crippen LogP contribution >= 0.6 is 0 Å². The van der Waals surface area contributed by atoms with Crippen molar-refractivity contribution in [3.8, 4) is 0 Å². The predicted octanol–water partition coefficient (Wildman–Crippen LogP) is 1.94. The smallest absolute Gasteiger partial charge is 0.276 e. The molecule has 4 rings (SSSR count). The summed E-state index contributed by atoms with van der Waals surface area (Å²) in [6, 6.07) is 7.64. The highest BCUT2D eigenvalue weighted by Crippen LogP contribution is 2.26. The number of aryl methyl sites for hydroxylation is 1.